The normalized spacial score (nSPS) is 18.9. The Morgan fingerprint density at radius 1 is 1.40 bits per heavy atom. The summed E-state index contributed by atoms with van der Waals surface area (Å²) in [5.74, 6) is -0.337. The van der Waals surface area contributed by atoms with E-state index in [1.54, 1.807) is 13.0 Å². The molecule has 1 unspecified atom stereocenters. The number of aliphatic hydroxyl groups excluding tert-OH is 1. The molecule has 1 aromatic carbocycles. The average Bonchev–Trinajstić information content (AvgIpc) is 2.41. The van der Waals surface area contributed by atoms with Crippen LogP contribution in [0.1, 0.15) is 43.9 Å². The molecule has 3 nitrogen and oxygen atoms in total. The van der Waals surface area contributed by atoms with Gasteiger partial charge in [0.25, 0.3) is 0 Å². The maximum Gasteiger partial charge on any atom is 0.331 e. The summed E-state index contributed by atoms with van der Waals surface area (Å²) < 4.78 is 0. The lowest BCUT2D eigenvalue weighted by Gasteiger charge is -2.20. The second-order valence-electron chi connectivity index (χ2n) is 5.35. The monoisotopic (exact) mass is 272 g/mol. The fourth-order valence-electron chi connectivity index (χ4n) is 2.66. The predicted molar refractivity (Wildman–Crippen MR) is 80.4 cm³/mol. The minimum absolute atomic E-state index is 0.118. The molecule has 0 heterocycles. The van der Waals surface area contributed by atoms with Gasteiger partial charge in [-0.05, 0) is 48.1 Å². The maximum absolute atomic E-state index is 11.2. The van der Waals surface area contributed by atoms with E-state index in [9.17, 15) is 9.90 Å². The van der Waals surface area contributed by atoms with Crippen LogP contribution in [0, 0.1) is 5.92 Å². The molecule has 106 valence electrons. The lowest BCUT2D eigenvalue weighted by Crippen LogP contribution is -2.10. The summed E-state index contributed by atoms with van der Waals surface area (Å²) in [7, 11) is 0. The molecular weight excluding hydrogens is 252 g/mol. The van der Waals surface area contributed by atoms with E-state index in [0.29, 0.717) is 17.8 Å². The first kappa shape index (κ1) is 14.4. The topological polar surface area (TPSA) is 57.5 Å². The van der Waals surface area contributed by atoms with Crippen LogP contribution in [0.2, 0.25) is 0 Å². The molecule has 0 radical (unpaired) electrons. The van der Waals surface area contributed by atoms with E-state index in [1.807, 2.05) is 26.0 Å². The molecule has 0 aromatic heterocycles. The van der Waals surface area contributed by atoms with Crippen molar-refractivity contribution in [3.8, 4) is 0 Å². The summed E-state index contributed by atoms with van der Waals surface area (Å²) in [6.45, 7) is 5.60. The lowest BCUT2D eigenvalue weighted by molar-refractivity contribution is -0.132. The summed E-state index contributed by atoms with van der Waals surface area (Å²) in [5, 5.41) is 18.9. The van der Waals surface area contributed by atoms with E-state index in [-0.39, 0.29) is 5.92 Å². The van der Waals surface area contributed by atoms with Crippen LogP contribution in [-0.4, -0.2) is 16.2 Å². The number of aliphatic carboxylic acids is 1. The van der Waals surface area contributed by atoms with Crippen LogP contribution in [0.4, 0.5) is 0 Å². The zero-order chi connectivity index (χ0) is 14.9. The number of rotatable bonds is 3. The van der Waals surface area contributed by atoms with Crippen LogP contribution in [0.15, 0.2) is 29.5 Å². The highest BCUT2D eigenvalue weighted by Crippen LogP contribution is 2.31. The molecule has 0 amide bonds. The van der Waals surface area contributed by atoms with Crippen molar-refractivity contribution in [2.75, 3.05) is 0 Å². The van der Waals surface area contributed by atoms with Crippen LogP contribution in [0.5, 0.6) is 0 Å². The van der Waals surface area contributed by atoms with Gasteiger partial charge in [-0.25, -0.2) is 4.79 Å². The first-order chi connectivity index (χ1) is 9.43. The molecule has 1 aliphatic rings. The van der Waals surface area contributed by atoms with Crippen LogP contribution in [-0.2, 0) is 11.2 Å². The number of benzene rings is 1. The Bertz CT molecular complexity index is 609. The Morgan fingerprint density at radius 3 is 2.70 bits per heavy atom. The van der Waals surface area contributed by atoms with Crippen molar-refractivity contribution in [2.24, 2.45) is 5.92 Å². The number of carbonyl (C=O) groups is 1. The summed E-state index contributed by atoms with van der Waals surface area (Å²) in [6, 6.07) is 5.95. The summed E-state index contributed by atoms with van der Waals surface area (Å²) >= 11 is 0. The molecule has 0 spiro atoms. The van der Waals surface area contributed by atoms with Gasteiger partial charge >= 0.3 is 5.97 Å². The van der Waals surface area contributed by atoms with Gasteiger partial charge in [0, 0.05) is 11.5 Å². The molecule has 20 heavy (non-hydrogen) atoms. The van der Waals surface area contributed by atoms with E-state index in [4.69, 9.17) is 5.11 Å². The summed E-state index contributed by atoms with van der Waals surface area (Å²) in [5.41, 5.74) is 4.42. The zero-order valence-corrected chi connectivity index (χ0v) is 12.1. The quantitative estimate of drug-likeness (QED) is 0.816. The lowest BCUT2D eigenvalue weighted by atomic mass is 9.86. The molecule has 0 saturated heterocycles. The molecular formula is C17H20O3. The minimum Gasteiger partial charge on any atom is -0.512 e. The van der Waals surface area contributed by atoms with Gasteiger partial charge in [-0.3, -0.25) is 0 Å². The molecule has 2 rings (SSSR count). The molecule has 1 atom stereocenters. The number of hydrogen-bond acceptors (Lipinski definition) is 2. The van der Waals surface area contributed by atoms with Crippen molar-refractivity contribution in [3.63, 3.8) is 0 Å². The maximum atomic E-state index is 11.2. The molecule has 1 aliphatic carbocycles. The van der Waals surface area contributed by atoms with Gasteiger partial charge in [-0.15, -0.1) is 0 Å². The first-order valence-corrected chi connectivity index (χ1v) is 6.91. The Morgan fingerprint density at radius 2 is 2.10 bits per heavy atom. The second kappa shape index (κ2) is 5.53. The van der Waals surface area contributed by atoms with Crippen molar-refractivity contribution in [3.05, 3.63) is 46.2 Å². The van der Waals surface area contributed by atoms with Crippen LogP contribution >= 0.6 is 0 Å². The standard InChI is InChI=1S/C17H20O3/c1-4-15(11(3)17(19)20)13-6-5-12-9-16(18)10(2)7-14(12)8-13/h5-6,8-10,18H,4,7H2,1-3H3,(H,19,20)/b15-11+. The second-order valence-corrected chi connectivity index (χ2v) is 5.35. The van der Waals surface area contributed by atoms with Crippen molar-refractivity contribution in [1.82, 2.24) is 0 Å². The smallest absolute Gasteiger partial charge is 0.331 e. The van der Waals surface area contributed by atoms with Crippen molar-refractivity contribution in [2.45, 2.75) is 33.6 Å². The molecule has 0 aliphatic heterocycles. The van der Waals surface area contributed by atoms with Gasteiger partial charge in [-0.2, -0.15) is 0 Å². The largest absolute Gasteiger partial charge is 0.512 e. The van der Waals surface area contributed by atoms with Gasteiger partial charge in [-0.1, -0.05) is 32.0 Å². The van der Waals surface area contributed by atoms with Crippen molar-refractivity contribution in [1.29, 1.82) is 0 Å². The Labute approximate surface area is 119 Å². The molecule has 3 heteroatoms. The van der Waals surface area contributed by atoms with Crippen LogP contribution in [0.3, 0.4) is 0 Å². The molecule has 0 saturated carbocycles. The van der Waals surface area contributed by atoms with Crippen molar-refractivity contribution >= 4 is 17.6 Å². The minimum atomic E-state index is -0.870. The molecule has 0 bridgehead atoms. The highest BCUT2D eigenvalue weighted by atomic mass is 16.4. The Hall–Kier alpha value is -2.03. The number of carboxylic acids is 1. The fourth-order valence-corrected chi connectivity index (χ4v) is 2.66. The Kier molecular flexibility index (Phi) is 3.98. The van der Waals surface area contributed by atoms with Gasteiger partial charge in [0.1, 0.15) is 0 Å². The van der Waals surface area contributed by atoms with Gasteiger partial charge in [0.15, 0.2) is 0 Å². The highest BCUT2D eigenvalue weighted by molar-refractivity contribution is 5.95. The summed E-state index contributed by atoms with van der Waals surface area (Å²) in [6.07, 6.45) is 3.27. The number of carboxylic acid groups (broad SMARTS) is 1. The number of aliphatic hydroxyl groups is 1. The van der Waals surface area contributed by atoms with E-state index >= 15 is 0 Å². The van der Waals surface area contributed by atoms with Crippen LogP contribution in [0.25, 0.3) is 11.6 Å². The van der Waals surface area contributed by atoms with Crippen molar-refractivity contribution < 1.29 is 15.0 Å². The first-order valence-electron chi connectivity index (χ1n) is 6.91. The molecule has 0 fully saturated rings. The van der Waals surface area contributed by atoms with Crippen LogP contribution < -0.4 is 0 Å². The van der Waals surface area contributed by atoms with E-state index in [2.05, 4.69) is 6.07 Å². The third-order valence-electron chi connectivity index (χ3n) is 3.95. The van der Waals surface area contributed by atoms with Gasteiger partial charge in [0.05, 0.1) is 5.76 Å². The zero-order valence-electron chi connectivity index (χ0n) is 12.1. The fraction of sp³-hybridized carbons (Fsp3) is 0.353. The van der Waals surface area contributed by atoms with Gasteiger partial charge in [0.2, 0.25) is 0 Å². The van der Waals surface area contributed by atoms with E-state index in [0.717, 1.165) is 28.7 Å². The molecule has 2 N–H and O–H groups in total. The Balaban J connectivity index is 2.50. The summed E-state index contributed by atoms with van der Waals surface area (Å²) in [4.78, 5) is 11.2. The van der Waals surface area contributed by atoms with E-state index in [1.165, 1.54) is 0 Å². The SMILES string of the molecule is CC/C(=C(/C)C(=O)O)c1ccc2c(c1)CC(C)C(O)=C2. The third-order valence-corrected chi connectivity index (χ3v) is 3.95. The van der Waals surface area contributed by atoms with E-state index < -0.39 is 5.97 Å². The predicted octanol–water partition coefficient (Wildman–Crippen LogP) is 4.05. The average molecular weight is 272 g/mol. The number of hydrogen-bond donors (Lipinski definition) is 2. The highest BCUT2D eigenvalue weighted by Gasteiger charge is 2.18. The number of fused-ring (bicyclic) bond motifs is 1. The molecule has 1 aromatic rings. The number of allylic oxidation sites excluding steroid dienone is 2. The third kappa shape index (κ3) is 2.62. The van der Waals surface area contributed by atoms with Gasteiger partial charge < -0.3 is 10.2 Å².